The van der Waals surface area contributed by atoms with Gasteiger partial charge in [-0.2, -0.15) is 11.8 Å². The van der Waals surface area contributed by atoms with Crippen LogP contribution in [0.1, 0.15) is 12.8 Å². The molecule has 2 amide bonds. The Balaban J connectivity index is 2.02. The van der Waals surface area contributed by atoms with Gasteiger partial charge in [0, 0.05) is 17.0 Å². The third-order valence-electron chi connectivity index (χ3n) is 3.41. The van der Waals surface area contributed by atoms with E-state index in [1.54, 1.807) is 36.0 Å². The molecule has 0 radical (unpaired) electrons. The third-order valence-corrected chi connectivity index (χ3v) is 4.83. The van der Waals surface area contributed by atoms with Crippen LogP contribution in [0, 0.1) is 0 Å². The molecule has 0 aliphatic heterocycles. The highest BCUT2D eigenvalue weighted by atomic mass is 32.2. The first-order valence-corrected chi connectivity index (χ1v) is 7.66. The van der Waals surface area contributed by atoms with Crippen molar-refractivity contribution in [2.24, 2.45) is 0 Å². The van der Waals surface area contributed by atoms with Crippen LogP contribution >= 0.6 is 11.8 Å². The van der Waals surface area contributed by atoms with E-state index in [1.165, 1.54) is 4.90 Å². The predicted octanol–water partition coefficient (Wildman–Crippen LogP) is 2.18. The van der Waals surface area contributed by atoms with Gasteiger partial charge in [-0.15, -0.1) is 0 Å². The molecule has 1 aromatic rings. The summed E-state index contributed by atoms with van der Waals surface area (Å²) in [7, 11) is 0. The van der Waals surface area contributed by atoms with Crippen LogP contribution in [0.5, 0.6) is 0 Å². The fourth-order valence-corrected chi connectivity index (χ4v) is 2.67. The number of rotatable bonds is 6. The highest BCUT2D eigenvalue weighted by Gasteiger charge is 2.42. The van der Waals surface area contributed by atoms with Crippen molar-refractivity contribution in [3.63, 3.8) is 0 Å². The number of aliphatic carboxylic acids is 1. The van der Waals surface area contributed by atoms with Crippen molar-refractivity contribution in [3.8, 4) is 0 Å². The summed E-state index contributed by atoms with van der Waals surface area (Å²) in [4.78, 5) is 24.4. The largest absolute Gasteiger partial charge is 0.480 e. The smallest absolute Gasteiger partial charge is 0.323 e. The molecular formula is C14H18N2O3S. The number of hydrogen-bond donors (Lipinski definition) is 2. The second-order valence-electron chi connectivity index (χ2n) is 4.86. The second-order valence-corrected chi connectivity index (χ2v) is 6.14. The number of nitrogens with one attached hydrogen (secondary N) is 1. The van der Waals surface area contributed by atoms with Crippen LogP contribution in [-0.2, 0) is 4.79 Å². The van der Waals surface area contributed by atoms with Crippen LogP contribution in [0.25, 0.3) is 0 Å². The van der Waals surface area contributed by atoms with Crippen molar-refractivity contribution in [2.75, 3.05) is 24.2 Å². The predicted molar refractivity (Wildman–Crippen MR) is 80.3 cm³/mol. The van der Waals surface area contributed by atoms with Gasteiger partial charge in [0.05, 0.1) is 0 Å². The SMILES string of the molecule is CSC1(CNC(=O)N(CC(=O)O)c2ccccc2)CC1. The lowest BCUT2D eigenvalue weighted by Crippen LogP contribution is -2.45. The average Bonchev–Trinajstić information content (AvgIpc) is 3.24. The maximum atomic E-state index is 12.2. The molecule has 1 saturated carbocycles. The lowest BCUT2D eigenvalue weighted by atomic mass is 10.3. The summed E-state index contributed by atoms with van der Waals surface area (Å²) in [6, 6.07) is 8.48. The van der Waals surface area contributed by atoms with Gasteiger partial charge in [0.2, 0.25) is 0 Å². The summed E-state index contributed by atoms with van der Waals surface area (Å²) in [5.41, 5.74) is 0.585. The Bertz CT molecular complexity index is 488. The first-order valence-electron chi connectivity index (χ1n) is 6.44. The number of benzene rings is 1. The summed E-state index contributed by atoms with van der Waals surface area (Å²) >= 11 is 1.75. The molecule has 0 heterocycles. The minimum Gasteiger partial charge on any atom is -0.480 e. The third kappa shape index (κ3) is 3.66. The van der Waals surface area contributed by atoms with Gasteiger partial charge in [-0.3, -0.25) is 9.69 Å². The van der Waals surface area contributed by atoms with Crippen LogP contribution in [0.3, 0.4) is 0 Å². The zero-order valence-electron chi connectivity index (χ0n) is 11.3. The first kappa shape index (κ1) is 14.7. The molecule has 6 heteroatoms. The fraction of sp³-hybridized carbons (Fsp3) is 0.429. The Kier molecular flexibility index (Phi) is 4.54. The fourth-order valence-electron chi connectivity index (χ4n) is 1.95. The Morgan fingerprint density at radius 3 is 2.50 bits per heavy atom. The molecule has 1 aromatic carbocycles. The second kappa shape index (κ2) is 6.17. The van der Waals surface area contributed by atoms with Crippen LogP contribution in [0.2, 0.25) is 0 Å². The molecule has 0 bridgehead atoms. The zero-order chi connectivity index (χ0) is 14.6. The quantitative estimate of drug-likeness (QED) is 0.843. The number of carbonyl (C=O) groups excluding carboxylic acids is 1. The van der Waals surface area contributed by atoms with Crippen molar-refractivity contribution in [2.45, 2.75) is 17.6 Å². The summed E-state index contributed by atoms with van der Waals surface area (Å²) < 4.78 is 0.154. The molecule has 0 saturated heterocycles. The molecule has 1 fully saturated rings. The Morgan fingerprint density at radius 2 is 2.00 bits per heavy atom. The molecule has 0 aromatic heterocycles. The van der Waals surface area contributed by atoms with E-state index in [0.717, 1.165) is 12.8 Å². The number of carboxylic acids is 1. The zero-order valence-corrected chi connectivity index (χ0v) is 12.2. The van der Waals surface area contributed by atoms with Crippen LogP contribution in [0.15, 0.2) is 30.3 Å². The molecule has 0 atom stereocenters. The molecule has 0 unspecified atom stereocenters. The molecule has 1 aliphatic carbocycles. The number of anilines is 1. The van der Waals surface area contributed by atoms with Gasteiger partial charge in [-0.25, -0.2) is 4.79 Å². The Morgan fingerprint density at radius 1 is 1.35 bits per heavy atom. The van der Waals surface area contributed by atoms with E-state index >= 15 is 0 Å². The van der Waals surface area contributed by atoms with Crippen molar-refractivity contribution in [1.29, 1.82) is 0 Å². The lowest BCUT2D eigenvalue weighted by Gasteiger charge is -2.23. The van der Waals surface area contributed by atoms with Gasteiger partial charge < -0.3 is 10.4 Å². The number of urea groups is 1. The maximum absolute atomic E-state index is 12.2. The van der Waals surface area contributed by atoms with E-state index in [4.69, 9.17) is 5.11 Å². The van der Waals surface area contributed by atoms with Crippen LogP contribution in [-0.4, -0.2) is 41.2 Å². The average molecular weight is 294 g/mol. The molecule has 5 nitrogen and oxygen atoms in total. The van der Waals surface area contributed by atoms with Crippen LogP contribution < -0.4 is 10.2 Å². The summed E-state index contributed by atoms with van der Waals surface area (Å²) in [6.45, 7) is 0.234. The van der Waals surface area contributed by atoms with E-state index in [-0.39, 0.29) is 17.3 Å². The number of nitrogens with zero attached hydrogens (tertiary/aromatic N) is 1. The van der Waals surface area contributed by atoms with Crippen molar-refractivity contribution in [1.82, 2.24) is 5.32 Å². The van der Waals surface area contributed by atoms with E-state index in [1.807, 2.05) is 12.3 Å². The van der Waals surface area contributed by atoms with Crippen LogP contribution in [0.4, 0.5) is 10.5 Å². The number of amides is 2. The van der Waals surface area contributed by atoms with E-state index in [9.17, 15) is 9.59 Å². The number of hydrogen-bond acceptors (Lipinski definition) is 3. The van der Waals surface area contributed by atoms with Crippen molar-refractivity contribution in [3.05, 3.63) is 30.3 Å². The van der Waals surface area contributed by atoms with E-state index in [0.29, 0.717) is 12.2 Å². The number of thioether (sulfide) groups is 1. The van der Waals surface area contributed by atoms with Gasteiger partial charge in [0.25, 0.3) is 0 Å². The first-order chi connectivity index (χ1) is 9.56. The van der Waals surface area contributed by atoms with Gasteiger partial charge in [-0.1, -0.05) is 18.2 Å². The molecule has 108 valence electrons. The highest BCUT2D eigenvalue weighted by Crippen LogP contribution is 2.46. The molecule has 20 heavy (non-hydrogen) atoms. The summed E-state index contributed by atoms with van der Waals surface area (Å²) in [5.74, 6) is -1.03. The van der Waals surface area contributed by atoms with E-state index in [2.05, 4.69) is 5.32 Å². The highest BCUT2D eigenvalue weighted by molar-refractivity contribution is 8.00. The monoisotopic (exact) mass is 294 g/mol. The van der Waals surface area contributed by atoms with Gasteiger partial charge in [0.1, 0.15) is 6.54 Å². The normalized spacial score (nSPS) is 15.4. The Labute approximate surface area is 122 Å². The van der Waals surface area contributed by atoms with Gasteiger partial charge >= 0.3 is 12.0 Å². The number of para-hydroxylation sites is 1. The van der Waals surface area contributed by atoms with Crippen molar-refractivity contribution < 1.29 is 14.7 Å². The minimum atomic E-state index is -1.03. The molecule has 0 spiro atoms. The summed E-state index contributed by atoms with van der Waals surface area (Å²) in [6.07, 6.45) is 4.22. The maximum Gasteiger partial charge on any atom is 0.323 e. The lowest BCUT2D eigenvalue weighted by molar-refractivity contribution is -0.135. The topological polar surface area (TPSA) is 69.6 Å². The molecule has 2 rings (SSSR count). The molecular weight excluding hydrogens is 276 g/mol. The number of carbonyl (C=O) groups is 2. The molecule has 2 N–H and O–H groups in total. The van der Waals surface area contributed by atoms with Gasteiger partial charge in [0.15, 0.2) is 0 Å². The minimum absolute atomic E-state index is 0.154. The molecule has 1 aliphatic rings. The summed E-state index contributed by atoms with van der Waals surface area (Å²) in [5, 5.41) is 11.8. The van der Waals surface area contributed by atoms with Gasteiger partial charge in [-0.05, 0) is 31.2 Å². The Hall–Kier alpha value is -1.69. The number of carboxylic acid groups (broad SMARTS) is 1. The van der Waals surface area contributed by atoms with E-state index < -0.39 is 5.97 Å². The van der Waals surface area contributed by atoms with Crippen molar-refractivity contribution >= 4 is 29.4 Å². The standard InChI is InChI=1S/C14H18N2O3S/c1-20-14(7-8-14)10-15-13(19)16(9-12(17)18)11-5-3-2-4-6-11/h2-6H,7-10H2,1H3,(H,15,19)(H,17,18).